The topological polar surface area (TPSA) is 12.0 Å². The summed E-state index contributed by atoms with van der Waals surface area (Å²) in [4.78, 5) is 0. The van der Waals surface area contributed by atoms with E-state index in [4.69, 9.17) is 0 Å². The maximum absolute atomic E-state index is 13.5. The Morgan fingerprint density at radius 3 is 2.81 bits per heavy atom. The molecule has 0 amide bonds. The molecule has 2 heteroatoms. The third kappa shape index (κ3) is 2.43. The Labute approximate surface area is 97.1 Å². The van der Waals surface area contributed by atoms with Gasteiger partial charge in [-0.05, 0) is 35.4 Å². The van der Waals surface area contributed by atoms with Gasteiger partial charge in [0.15, 0.2) is 0 Å². The molecule has 1 aliphatic rings. The van der Waals surface area contributed by atoms with Crippen LogP contribution in [0.3, 0.4) is 0 Å². The van der Waals surface area contributed by atoms with Gasteiger partial charge in [0.2, 0.25) is 0 Å². The van der Waals surface area contributed by atoms with Crippen molar-refractivity contribution in [2.24, 2.45) is 5.41 Å². The van der Waals surface area contributed by atoms with Gasteiger partial charge in [-0.1, -0.05) is 32.9 Å². The molecule has 0 radical (unpaired) electrons. The number of hydrogen-bond donors (Lipinski definition) is 1. The summed E-state index contributed by atoms with van der Waals surface area (Å²) >= 11 is 0. The van der Waals surface area contributed by atoms with Crippen molar-refractivity contribution >= 4 is 0 Å². The Hall–Kier alpha value is -0.890. The van der Waals surface area contributed by atoms with Gasteiger partial charge < -0.3 is 5.32 Å². The fraction of sp³-hybridized carbons (Fsp3) is 0.571. The van der Waals surface area contributed by atoms with Gasteiger partial charge in [0, 0.05) is 12.6 Å². The van der Waals surface area contributed by atoms with Crippen molar-refractivity contribution < 1.29 is 4.39 Å². The van der Waals surface area contributed by atoms with Gasteiger partial charge in [-0.15, -0.1) is 0 Å². The Kier molecular flexibility index (Phi) is 3.02. The van der Waals surface area contributed by atoms with Crippen LogP contribution in [0.25, 0.3) is 0 Å². The molecule has 0 saturated heterocycles. The van der Waals surface area contributed by atoms with Gasteiger partial charge in [-0.2, -0.15) is 0 Å². The lowest BCUT2D eigenvalue weighted by atomic mass is 9.96. The van der Waals surface area contributed by atoms with Crippen LogP contribution in [0.1, 0.15) is 44.4 Å². The van der Waals surface area contributed by atoms with Crippen molar-refractivity contribution in [3.63, 3.8) is 0 Å². The SMILES string of the molecule is CC(C)(C)CNC1CCc2c(F)cccc21. The first-order valence-corrected chi connectivity index (χ1v) is 5.98. The molecular formula is C14H20FN. The van der Waals surface area contributed by atoms with Gasteiger partial charge in [-0.3, -0.25) is 0 Å². The second kappa shape index (κ2) is 4.17. The van der Waals surface area contributed by atoms with E-state index in [0.717, 1.165) is 30.5 Å². The van der Waals surface area contributed by atoms with E-state index in [0.29, 0.717) is 6.04 Å². The first-order chi connectivity index (χ1) is 7.47. The lowest BCUT2D eigenvalue weighted by Gasteiger charge is -2.23. The Morgan fingerprint density at radius 2 is 2.12 bits per heavy atom. The third-order valence-electron chi connectivity index (χ3n) is 3.09. The fourth-order valence-corrected chi connectivity index (χ4v) is 2.25. The largest absolute Gasteiger partial charge is 0.309 e. The fourth-order valence-electron chi connectivity index (χ4n) is 2.25. The van der Waals surface area contributed by atoms with Crippen molar-refractivity contribution in [2.75, 3.05) is 6.54 Å². The maximum Gasteiger partial charge on any atom is 0.126 e. The lowest BCUT2D eigenvalue weighted by molar-refractivity contribution is 0.352. The summed E-state index contributed by atoms with van der Waals surface area (Å²) in [6.45, 7) is 7.60. The van der Waals surface area contributed by atoms with Crippen molar-refractivity contribution in [2.45, 2.75) is 39.7 Å². The summed E-state index contributed by atoms with van der Waals surface area (Å²) in [7, 11) is 0. The standard InChI is InChI=1S/C14H20FN/c1-14(2,3)9-16-13-8-7-10-11(13)5-4-6-12(10)15/h4-6,13,16H,7-9H2,1-3H3. The smallest absolute Gasteiger partial charge is 0.126 e. The molecule has 1 unspecified atom stereocenters. The molecule has 16 heavy (non-hydrogen) atoms. The second-order valence-corrected chi connectivity index (χ2v) is 5.84. The summed E-state index contributed by atoms with van der Waals surface area (Å²) < 4.78 is 13.5. The van der Waals surface area contributed by atoms with E-state index in [-0.39, 0.29) is 11.2 Å². The first kappa shape index (κ1) is 11.6. The van der Waals surface area contributed by atoms with E-state index in [1.54, 1.807) is 6.07 Å². The van der Waals surface area contributed by atoms with Crippen LogP contribution >= 0.6 is 0 Å². The molecule has 0 spiro atoms. The zero-order valence-corrected chi connectivity index (χ0v) is 10.3. The predicted molar refractivity (Wildman–Crippen MR) is 64.9 cm³/mol. The lowest BCUT2D eigenvalue weighted by Crippen LogP contribution is -2.29. The highest BCUT2D eigenvalue weighted by molar-refractivity contribution is 5.35. The van der Waals surface area contributed by atoms with Crippen LogP contribution in [0, 0.1) is 11.2 Å². The predicted octanol–water partition coefficient (Wildman–Crippen LogP) is 3.45. The summed E-state index contributed by atoms with van der Waals surface area (Å²) in [5.74, 6) is -0.0439. The van der Waals surface area contributed by atoms with Crippen LogP contribution in [0.2, 0.25) is 0 Å². The maximum atomic E-state index is 13.5. The molecule has 1 nitrogen and oxygen atoms in total. The van der Waals surface area contributed by atoms with Gasteiger partial charge in [0.05, 0.1) is 0 Å². The van der Waals surface area contributed by atoms with Crippen molar-refractivity contribution in [1.29, 1.82) is 0 Å². The molecule has 2 rings (SSSR count). The number of rotatable bonds is 2. The van der Waals surface area contributed by atoms with Crippen molar-refractivity contribution in [1.82, 2.24) is 5.32 Å². The summed E-state index contributed by atoms with van der Waals surface area (Å²) in [6.07, 6.45) is 1.89. The molecular weight excluding hydrogens is 201 g/mol. The molecule has 0 bridgehead atoms. The average Bonchev–Trinajstić information content (AvgIpc) is 2.58. The molecule has 1 aromatic carbocycles. The first-order valence-electron chi connectivity index (χ1n) is 5.98. The highest BCUT2D eigenvalue weighted by atomic mass is 19.1. The number of nitrogens with one attached hydrogen (secondary N) is 1. The quantitative estimate of drug-likeness (QED) is 0.806. The van der Waals surface area contributed by atoms with Gasteiger partial charge >= 0.3 is 0 Å². The van der Waals surface area contributed by atoms with Crippen LogP contribution in [-0.2, 0) is 6.42 Å². The number of hydrogen-bond acceptors (Lipinski definition) is 1. The molecule has 88 valence electrons. The highest BCUT2D eigenvalue weighted by Gasteiger charge is 2.25. The second-order valence-electron chi connectivity index (χ2n) is 5.84. The van der Waals surface area contributed by atoms with E-state index in [2.05, 4.69) is 26.1 Å². The van der Waals surface area contributed by atoms with E-state index >= 15 is 0 Å². The zero-order chi connectivity index (χ0) is 11.8. The molecule has 0 heterocycles. The van der Waals surface area contributed by atoms with Crippen LogP contribution < -0.4 is 5.32 Å². The minimum absolute atomic E-state index is 0.0439. The van der Waals surface area contributed by atoms with E-state index in [9.17, 15) is 4.39 Å². The summed E-state index contributed by atoms with van der Waals surface area (Å²) in [5, 5.41) is 3.54. The Balaban J connectivity index is 2.09. The Bertz CT molecular complexity index is 379. The molecule has 0 saturated carbocycles. The molecule has 0 aromatic heterocycles. The average molecular weight is 221 g/mol. The van der Waals surface area contributed by atoms with Crippen molar-refractivity contribution in [3.05, 3.63) is 35.1 Å². The number of halogens is 1. The molecule has 1 atom stereocenters. The van der Waals surface area contributed by atoms with Crippen LogP contribution in [0.5, 0.6) is 0 Å². The molecule has 1 aliphatic carbocycles. The van der Waals surface area contributed by atoms with Crippen LogP contribution in [0.15, 0.2) is 18.2 Å². The van der Waals surface area contributed by atoms with E-state index < -0.39 is 0 Å². The molecule has 1 aromatic rings. The molecule has 0 aliphatic heterocycles. The van der Waals surface area contributed by atoms with Gasteiger partial charge in [0.1, 0.15) is 5.82 Å². The monoisotopic (exact) mass is 221 g/mol. The summed E-state index contributed by atoms with van der Waals surface area (Å²) in [6, 6.07) is 5.76. The van der Waals surface area contributed by atoms with Crippen molar-refractivity contribution in [3.8, 4) is 0 Å². The third-order valence-corrected chi connectivity index (χ3v) is 3.09. The van der Waals surface area contributed by atoms with Gasteiger partial charge in [0.25, 0.3) is 0 Å². The van der Waals surface area contributed by atoms with Crippen LogP contribution in [0.4, 0.5) is 4.39 Å². The highest BCUT2D eigenvalue weighted by Crippen LogP contribution is 2.33. The zero-order valence-electron chi connectivity index (χ0n) is 10.3. The number of fused-ring (bicyclic) bond motifs is 1. The van der Waals surface area contributed by atoms with E-state index in [1.165, 1.54) is 0 Å². The normalized spacial score (nSPS) is 19.9. The van der Waals surface area contributed by atoms with E-state index in [1.807, 2.05) is 12.1 Å². The molecule has 0 fully saturated rings. The summed E-state index contributed by atoms with van der Waals surface area (Å²) in [5.41, 5.74) is 2.34. The minimum Gasteiger partial charge on any atom is -0.309 e. The number of benzene rings is 1. The molecule has 1 N–H and O–H groups in total. The van der Waals surface area contributed by atoms with Gasteiger partial charge in [-0.25, -0.2) is 4.39 Å². The van der Waals surface area contributed by atoms with Crippen LogP contribution in [-0.4, -0.2) is 6.54 Å². The minimum atomic E-state index is -0.0439. The Morgan fingerprint density at radius 1 is 1.38 bits per heavy atom.